The van der Waals surface area contributed by atoms with Crippen LogP contribution in [0.5, 0.6) is 11.5 Å². The van der Waals surface area contributed by atoms with Crippen molar-refractivity contribution in [3.8, 4) is 33.8 Å². The van der Waals surface area contributed by atoms with Gasteiger partial charge in [0.15, 0.2) is 0 Å². The van der Waals surface area contributed by atoms with Gasteiger partial charge in [0, 0.05) is 12.7 Å². The third-order valence-corrected chi connectivity index (χ3v) is 8.66. The molecule has 0 radical (unpaired) electrons. The highest BCUT2D eigenvalue weighted by Crippen LogP contribution is 2.43. The molecule has 0 bridgehead atoms. The maximum atomic E-state index is 12.3. The molecule has 0 atom stereocenters. The average molecular weight is 625 g/mol. The Morgan fingerprint density at radius 3 is 2.04 bits per heavy atom. The van der Waals surface area contributed by atoms with Crippen LogP contribution >= 0.6 is 0 Å². The van der Waals surface area contributed by atoms with Gasteiger partial charge >= 0.3 is 11.9 Å². The monoisotopic (exact) mass is 624 g/mol. The molecule has 0 amide bonds. The first kappa shape index (κ1) is 34.7. The van der Waals surface area contributed by atoms with Crippen molar-refractivity contribution >= 4 is 11.9 Å². The zero-order chi connectivity index (χ0) is 32.9. The number of esters is 2. The molecule has 46 heavy (non-hydrogen) atoms. The smallest absolute Gasteiger partial charge is 0.338 e. The Balaban J connectivity index is 1.43. The SMILES string of the molecule is C=C(C)C(=O)Oc1ccc(-c2ccc(-c3ccc(OCCOC(=O)C(=C)COC)cc3)cc2)c(C2CCC(CCCCC)CC2)c1. The molecule has 3 aromatic carbocycles. The lowest BCUT2D eigenvalue weighted by molar-refractivity contribution is -0.140. The van der Waals surface area contributed by atoms with E-state index in [-0.39, 0.29) is 25.4 Å². The number of rotatable bonds is 16. The molecule has 0 spiro atoms. The maximum Gasteiger partial charge on any atom is 0.338 e. The zero-order valence-corrected chi connectivity index (χ0v) is 27.6. The Morgan fingerprint density at radius 2 is 1.41 bits per heavy atom. The Bertz CT molecular complexity index is 1460. The zero-order valence-electron chi connectivity index (χ0n) is 27.6. The van der Waals surface area contributed by atoms with E-state index in [4.69, 9.17) is 18.9 Å². The van der Waals surface area contributed by atoms with Crippen molar-refractivity contribution in [1.29, 1.82) is 0 Å². The third kappa shape index (κ3) is 9.92. The molecule has 1 fully saturated rings. The van der Waals surface area contributed by atoms with Crippen LogP contribution in [0.15, 0.2) is 91.0 Å². The van der Waals surface area contributed by atoms with Gasteiger partial charge in [-0.15, -0.1) is 0 Å². The molecule has 4 rings (SSSR count). The number of hydrogen-bond acceptors (Lipinski definition) is 6. The van der Waals surface area contributed by atoms with E-state index in [1.165, 1.54) is 56.8 Å². The lowest BCUT2D eigenvalue weighted by atomic mass is 9.75. The molecule has 1 aliphatic rings. The molecule has 1 aliphatic carbocycles. The fourth-order valence-corrected chi connectivity index (χ4v) is 6.06. The predicted molar refractivity (Wildman–Crippen MR) is 184 cm³/mol. The van der Waals surface area contributed by atoms with Crippen LogP contribution in [0.1, 0.15) is 76.7 Å². The van der Waals surface area contributed by atoms with Crippen molar-refractivity contribution in [2.24, 2.45) is 5.92 Å². The summed E-state index contributed by atoms with van der Waals surface area (Å²) >= 11 is 0. The molecule has 0 aromatic heterocycles. The highest BCUT2D eigenvalue weighted by Gasteiger charge is 2.25. The molecule has 0 unspecified atom stereocenters. The molecule has 0 N–H and O–H groups in total. The van der Waals surface area contributed by atoms with Gasteiger partial charge in [-0.25, -0.2) is 9.59 Å². The quantitative estimate of drug-likeness (QED) is 0.0684. The molecular formula is C40H48O6. The van der Waals surface area contributed by atoms with Crippen LogP contribution in [0, 0.1) is 5.92 Å². The van der Waals surface area contributed by atoms with Gasteiger partial charge in [0.2, 0.25) is 0 Å². The lowest BCUT2D eigenvalue weighted by Crippen LogP contribution is -2.15. The van der Waals surface area contributed by atoms with Crippen LogP contribution in [0.2, 0.25) is 0 Å². The van der Waals surface area contributed by atoms with E-state index in [0.717, 1.165) is 35.4 Å². The highest BCUT2D eigenvalue weighted by atomic mass is 16.6. The number of carbonyl (C=O) groups is 2. The fourth-order valence-electron chi connectivity index (χ4n) is 6.06. The van der Waals surface area contributed by atoms with Gasteiger partial charge in [0.1, 0.15) is 24.7 Å². The maximum absolute atomic E-state index is 12.3. The minimum atomic E-state index is -0.483. The molecule has 1 saturated carbocycles. The summed E-state index contributed by atoms with van der Waals surface area (Å²) in [5, 5.41) is 0. The number of methoxy groups -OCH3 is 1. The van der Waals surface area contributed by atoms with Gasteiger partial charge < -0.3 is 18.9 Å². The summed E-state index contributed by atoms with van der Waals surface area (Å²) in [4.78, 5) is 24.1. The largest absolute Gasteiger partial charge is 0.490 e. The third-order valence-electron chi connectivity index (χ3n) is 8.66. The summed E-state index contributed by atoms with van der Waals surface area (Å²) in [5.74, 6) is 1.64. The first-order valence-electron chi connectivity index (χ1n) is 16.5. The predicted octanol–water partition coefficient (Wildman–Crippen LogP) is 9.48. The number of carbonyl (C=O) groups excluding carboxylic acids is 2. The summed E-state index contributed by atoms with van der Waals surface area (Å²) in [6, 6.07) is 22.5. The van der Waals surface area contributed by atoms with Crippen molar-refractivity contribution in [2.45, 2.75) is 71.1 Å². The van der Waals surface area contributed by atoms with E-state index in [9.17, 15) is 9.59 Å². The second-order valence-electron chi connectivity index (χ2n) is 12.3. The van der Waals surface area contributed by atoms with Crippen LogP contribution in [0.3, 0.4) is 0 Å². The normalized spacial score (nSPS) is 16.0. The first-order chi connectivity index (χ1) is 22.3. The van der Waals surface area contributed by atoms with Gasteiger partial charge in [0.05, 0.1) is 12.2 Å². The molecule has 244 valence electrons. The molecule has 3 aromatic rings. The number of ether oxygens (including phenoxy) is 4. The minimum Gasteiger partial charge on any atom is -0.490 e. The van der Waals surface area contributed by atoms with Crippen molar-refractivity contribution in [1.82, 2.24) is 0 Å². The Kier molecular flexibility index (Phi) is 13.2. The number of benzene rings is 3. The van der Waals surface area contributed by atoms with E-state index in [1.54, 1.807) is 6.92 Å². The van der Waals surface area contributed by atoms with Crippen molar-refractivity contribution in [3.05, 3.63) is 96.6 Å². The number of unbranched alkanes of at least 4 members (excludes halogenated alkanes) is 2. The van der Waals surface area contributed by atoms with Gasteiger partial charge in [-0.3, -0.25) is 0 Å². The standard InChI is InChI=1S/C40H48O6/c1-6-7-8-9-30-10-12-34(13-11-30)38-26-36(46-39(41)28(2)3)22-23-37(38)33-16-14-31(15-17-33)32-18-20-35(21-19-32)44-24-25-45-40(42)29(4)27-43-5/h14-23,26,30,34H,2,4,6-13,24-25,27H2,1,3,5H3. The summed E-state index contributed by atoms with van der Waals surface area (Å²) in [5.41, 5.74) is 6.42. The second kappa shape index (κ2) is 17.5. The van der Waals surface area contributed by atoms with Crippen LogP contribution in [-0.4, -0.2) is 38.9 Å². The molecule has 6 heteroatoms. The highest BCUT2D eigenvalue weighted by molar-refractivity contribution is 5.89. The lowest BCUT2D eigenvalue weighted by Gasteiger charge is -2.30. The van der Waals surface area contributed by atoms with Gasteiger partial charge in [0.25, 0.3) is 0 Å². The van der Waals surface area contributed by atoms with E-state index in [0.29, 0.717) is 23.0 Å². The Morgan fingerprint density at radius 1 is 0.783 bits per heavy atom. The Labute approximate surface area is 274 Å². The first-order valence-corrected chi connectivity index (χ1v) is 16.5. The summed E-state index contributed by atoms with van der Waals surface area (Å²) in [6.45, 7) is 11.8. The topological polar surface area (TPSA) is 71.1 Å². The van der Waals surface area contributed by atoms with E-state index < -0.39 is 11.9 Å². The van der Waals surface area contributed by atoms with E-state index in [1.807, 2.05) is 30.3 Å². The van der Waals surface area contributed by atoms with E-state index in [2.05, 4.69) is 56.5 Å². The van der Waals surface area contributed by atoms with Gasteiger partial charge in [-0.05, 0) is 96.5 Å². The molecule has 0 aliphatic heterocycles. The molecular weight excluding hydrogens is 576 g/mol. The molecule has 0 heterocycles. The number of hydrogen-bond donors (Lipinski definition) is 0. The van der Waals surface area contributed by atoms with E-state index >= 15 is 0 Å². The molecule has 0 saturated heterocycles. The van der Waals surface area contributed by atoms with Crippen LogP contribution in [0.25, 0.3) is 22.3 Å². The fraction of sp³-hybridized carbons (Fsp3) is 0.400. The van der Waals surface area contributed by atoms with Crippen molar-refractivity contribution < 1.29 is 28.5 Å². The average Bonchev–Trinajstić information content (AvgIpc) is 3.07. The van der Waals surface area contributed by atoms with Crippen molar-refractivity contribution in [2.75, 3.05) is 26.9 Å². The van der Waals surface area contributed by atoms with Crippen LogP contribution < -0.4 is 9.47 Å². The minimum absolute atomic E-state index is 0.129. The van der Waals surface area contributed by atoms with Gasteiger partial charge in [-0.1, -0.05) is 88.2 Å². The summed E-state index contributed by atoms with van der Waals surface area (Å²) in [7, 11) is 1.50. The van der Waals surface area contributed by atoms with Crippen LogP contribution in [-0.2, 0) is 19.1 Å². The molecule has 6 nitrogen and oxygen atoms in total. The van der Waals surface area contributed by atoms with Crippen molar-refractivity contribution in [3.63, 3.8) is 0 Å². The Hall–Kier alpha value is -4.16. The van der Waals surface area contributed by atoms with Gasteiger partial charge in [-0.2, -0.15) is 0 Å². The second-order valence-corrected chi connectivity index (χ2v) is 12.3. The summed E-state index contributed by atoms with van der Waals surface area (Å²) < 4.78 is 21.4. The van der Waals surface area contributed by atoms with Crippen LogP contribution in [0.4, 0.5) is 0 Å². The summed E-state index contributed by atoms with van der Waals surface area (Å²) in [6.07, 6.45) is 10.0.